The number of ether oxygens (including phenoxy) is 1. The predicted octanol–water partition coefficient (Wildman–Crippen LogP) is 3.08. The average Bonchev–Trinajstić information content (AvgIpc) is 3.28. The summed E-state index contributed by atoms with van der Waals surface area (Å²) in [5, 5.41) is 3.34. The van der Waals surface area contributed by atoms with Gasteiger partial charge in [0.2, 0.25) is 5.91 Å². The van der Waals surface area contributed by atoms with Gasteiger partial charge in [0.25, 0.3) is 0 Å². The summed E-state index contributed by atoms with van der Waals surface area (Å²) >= 11 is 3.39. The average molecular weight is 406 g/mol. The molecule has 1 fully saturated rings. The Morgan fingerprint density at radius 1 is 1.33 bits per heavy atom. The van der Waals surface area contributed by atoms with E-state index in [-0.39, 0.29) is 5.91 Å². The molecule has 0 N–H and O–H groups in total. The second-order valence-corrected chi connectivity index (χ2v) is 9.13. The van der Waals surface area contributed by atoms with Crippen molar-refractivity contribution in [3.63, 3.8) is 0 Å². The normalized spacial score (nSPS) is 19.7. The summed E-state index contributed by atoms with van der Waals surface area (Å²) in [7, 11) is 4.17. The molecule has 5 nitrogen and oxygen atoms in total. The Hall–Kier alpha value is -1.57. The highest BCUT2D eigenvalue weighted by Gasteiger charge is 2.35. The molecule has 1 saturated heterocycles. The van der Waals surface area contributed by atoms with E-state index >= 15 is 0 Å². The fourth-order valence-electron chi connectivity index (χ4n) is 3.23. The second-order valence-electron chi connectivity index (χ2n) is 7.11. The van der Waals surface area contributed by atoms with Crippen LogP contribution in [0.5, 0.6) is 5.75 Å². The topological polar surface area (TPSA) is 45.7 Å². The third-order valence-corrected chi connectivity index (χ3v) is 6.81. The second kappa shape index (κ2) is 9.08. The quantitative estimate of drug-likeness (QED) is 0.708. The van der Waals surface area contributed by atoms with Crippen LogP contribution < -0.4 is 4.74 Å². The van der Waals surface area contributed by atoms with Crippen LogP contribution in [0.4, 0.5) is 0 Å². The third-order valence-electron chi connectivity index (χ3n) is 4.87. The number of aryl methyl sites for hydroxylation is 1. The highest BCUT2D eigenvalue weighted by atomic mass is 32.2. The Morgan fingerprint density at radius 2 is 2.07 bits per heavy atom. The van der Waals surface area contributed by atoms with Gasteiger partial charge in [0.05, 0.1) is 12.1 Å². The van der Waals surface area contributed by atoms with E-state index in [9.17, 15) is 4.79 Å². The first-order valence-electron chi connectivity index (χ1n) is 9.06. The maximum absolute atomic E-state index is 12.7. The molecule has 3 rings (SSSR count). The molecule has 1 aliphatic rings. The van der Waals surface area contributed by atoms with Crippen molar-refractivity contribution in [2.24, 2.45) is 0 Å². The minimum Gasteiger partial charge on any atom is -0.486 e. The zero-order valence-electron chi connectivity index (χ0n) is 16.3. The molecule has 0 bridgehead atoms. The Bertz CT molecular complexity index is 761. The smallest absolute Gasteiger partial charge is 0.228 e. The molecule has 7 heteroatoms. The Kier molecular flexibility index (Phi) is 6.78. The standard InChI is InChI=1S/C20H27N3O2S2/c1-14-5-7-16(8-6-14)25-12-19-21-15(13-27-19)9-20(24)23-10-17(22(2)3)18(11-23)26-4/h5-8,13,17-18H,9-12H2,1-4H3/t17-,18-/m0/s1. The van der Waals surface area contributed by atoms with Crippen LogP contribution in [0, 0.1) is 6.92 Å². The summed E-state index contributed by atoms with van der Waals surface area (Å²) in [6, 6.07) is 8.40. The van der Waals surface area contributed by atoms with E-state index < -0.39 is 0 Å². The lowest BCUT2D eigenvalue weighted by atomic mass is 10.2. The molecular weight excluding hydrogens is 378 g/mol. The van der Waals surface area contributed by atoms with Crippen LogP contribution in [-0.2, 0) is 17.8 Å². The van der Waals surface area contributed by atoms with E-state index in [2.05, 4.69) is 37.2 Å². The van der Waals surface area contributed by atoms with Gasteiger partial charge in [-0.05, 0) is 39.4 Å². The molecule has 0 aliphatic carbocycles. The number of thiazole rings is 1. The highest BCUT2D eigenvalue weighted by molar-refractivity contribution is 7.99. The number of rotatable bonds is 7. The van der Waals surface area contributed by atoms with E-state index in [4.69, 9.17) is 4.74 Å². The summed E-state index contributed by atoms with van der Waals surface area (Å²) in [5.41, 5.74) is 2.04. The molecule has 2 heterocycles. The van der Waals surface area contributed by atoms with Crippen molar-refractivity contribution in [3.05, 3.63) is 45.9 Å². The fraction of sp³-hybridized carbons (Fsp3) is 0.500. The van der Waals surface area contributed by atoms with Gasteiger partial charge in [-0.3, -0.25) is 4.79 Å². The van der Waals surface area contributed by atoms with Crippen molar-refractivity contribution in [2.75, 3.05) is 33.4 Å². The van der Waals surface area contributed by atoms with Crippen molar-refractivity contribution in [2.45, 2.75) is 31.2 Å². The SMILES string of the molecule is CS[C@H]1CN(C(=O)Cc2csc(COc3ccc(C)cc3)n2)C[C@@H]1N(C)C. The number of hydrogen-bond donors (Lipinski definition) is 0. The summed E-state index contributed by atoms with van der Waals surface area (Å²) in [5.74, 6) is 0.998. The van der Waals surface area contributed by atoms with Crippen molar-refractivity contribution in [1.82, 2.24) is 14.8 Å². The van der Waals surface area contributed by atoms with Crippen molar-refractivity contribution in [3.8, 4) is 5.75 Å². The van der Waals surface area contributed by atoms with Crippen LogP contribution in [0.3, 0.4) is 0 Å². The number of hydrogen-bond acceptors (Lipinski definition) is 6. The molecule has 0 spiro atoms. The van der Waals surface area contributed by atoms with Gasteiger partial charge < -0.3 is 14.5 Å². The van der Waals surface area contributed by atoms with E-state index in [1.165, 1.54) is 5.56 Å². The van der Waals surface area contributed by atoms with Gasteiger partial charge in [-0.2, -0.15) is 11.8 Å². The van der Waals surface area contributed by atoms with Crippen LogP contribution in [0.1, 0.15) is 16.3 Å². The number of amides is 1. The van der Waals surface area contributed by atoms with Crippen LogP contribution in [0.25, 0.3) is 0 Å². The number of likely N-dealkylation sites (N-methyl/N-ethyl adjacent to an activating group) is 1. The van der Waals surface area contributed by atoms with Crippen LogP contribution in [0.15, 0.2) is 29.6 Å². The molecule has 0 saturated carbocycles. The van der Waals surface area contributed by atoms with Gasteiger partial charge in [-0.25, -0.2) is 4.98 Å². The first-order valence-corrected chi connectivity index (χ1v) is 11.2. The molecule has 2 aromatic rings. The monoisotopic (exact) mass is 405 g/mol. The van der Waals surface area contributed by atoms with Gasteiger partial charge in [0.1, 0.15) is 17.4 Å². The fourth-order valence-corrected chi connectivity index (χ4v) is 4.91. The first kappa shape index (κ1) is 20.2. The minimum atomic E-state index is 0.162. The van der Waals surface area contributed by atoms with Gasteiger partial charge in [0.15, 0.2) is 0 Å². The summed E-state index contributed by atoms with van der Waals surface area (Å²) in [4.78, 5) is 21.5. The van der Waals surface area contributed by atoms with Gasteiger partial charge in [-0.15, -0.1) is 11.3 Å². The Balaban J connectivity index is 1.53. The molecular formula is C20H27N3O2S2. The van der Waals surface area contributed by atoms with Crippen LogP contribution >= 0.6 is 23.1 Å². The lowest BCUT2D eigenvalue weighted by molar-refractivity contribution is -0.129. The number of carbonyl (C=O) groups excluding carboxylic acids is 1. The van der Waals surface area contributed by atoms with E-state index in [0.717, 1.165) is 29.5 Å². The molecule has 1 amide bonds. The van der Waals surface area contributed by atoms with Gasteiger partial charge in [0, 0.05) is 29.8 Å². The number of likely N-dealkylation sites (tertiary alicyclic amines) is 1. The lowest BCUT2D eigenvalue weighted by Crippen LogP contribution is -2.37. The molecule has 146 valence electrons. The van der Waals surface area contributed by atoms with Gasteiger partial charge in [-0.1, -0.05) is 17.7 Å². The molecule has 27 heavy (non-hydrogen) atoms. The number of thioether (sulfide) groups is 1. The zero-order chi connectivity index (χ0) is 19.4. The van der Waals surface area contributed by atoms with Crippen molar-refractivity contribution < 1.29 is 9.53 Å². The minimum absolute atomic E-state index is 0.162. The number of carbonyl (C=O) groups is 1. The largest absolute Gasteiger partial charge is 0.486 e. The highest BCUT2D eigenvalue weighted by Crippen LogP contribution is 2.25. The Labute approximate surface area is 169 Å². The van der Waals surface area contributed by atoms with Crippen molar-refractivity contribution in [1.29, 1.82) is 0 Å². The van der Waals surface area contributed by atoms with Crippen molar-refractivity contribution >= 4 is 29.0 Å². The first-order chi connectivity index (χ1) is 13.0. The van der Waals surface area contributed by atoms with Crippen LogP contribution in [0.2, 0.25) is 0 Å². The number of benzene rings is 1. The summed E-state index contributed by atoms with van der Waals surface area (Å²) < 4.78 is 5.78. The third kappa shape index (κ3) is 5.24. The van der Waals surface area contributed by atoms with E-state index in [1.54, 1.807) is 11.3 Å². The van der Waals surface area contributed by atoms with Gasteiger partial charge >= 0.3 is 0 Å². The van der Waals surface area contributed by atoms with E-state index in [0.29, 0.717) is 24.3 Å². The zero-order valence-corrected chi connectivity index (χ0v) is 18.0. The number of aromatic nitrogens is 1. The maximum atomic E-state index is 12.7. The predicted molar refractivity (Wildman–Crippen MR) is 113 cm³/mol. The van der Waals surface area contributed by atoms with E-state index in [1.807, 2.05) is 46.3 Å². The molecule has 0 radical (unpaired) electrons. The lowest BCUT2D eigenvalue weighted by Gasteiger charge is -2.23. The Morgan fingerprint density at radius 3 is 2.70 bits per heavy atom. The summed E-state index contributed by atoms with van der Waals surface area (Å²) in [6.07, 6.45) is 2.48. The molecule has 1 aromatic heterocycles. The van der Waals surface area contributed by atoms with Crippen LogP contribution in [-0.4, -0.2) is 65.4 Å². The molecule has 2 atom stereocenters. The maximum Gasteiger partial charge on any atom is 0.228 e. The summed E-state index contributed by atoms with van der Waals surface area (Å²) in [6.45, 7) is 4.10. The molecule has 0 unspecified atom stereocenters. The molecule has 1 aliphatic heterocycles. The molecule has 1 aromatic carbocycles. The number of nitrogens with zero attached hydrogens (tertiary/aromatic N) is 3.